The summed E-state index contributed by atoms with van der Waals surface area (Å²) in [5, 5.41) is 0. The van der Waals surface area contributed by atoms with Gasteiger partial charge in [-0.25, -0.2) is 0 Å². The Morgan fingerprint density at radius 2 is 0.560 bits per heavy atom. The molecule has 150 valence electrons. The fourth-order valence-corrected chi connectivity index (χ4v) is 12.4. The number of rotatable bonds is 21. The predicted molar refractivity (Wildman–Crippen MR) is 120 cm³/mol. The van der Waals surface area contributed by atoms with Crippen molar-refractivity contribution in [3.05, 3.63) is 0 Å². The van der Waals surface area contributed by atoms with Gasteiger partial charge in [-0.2, -0.15) is 0 Å². The molecule has 0 saturated heterocycles. The van der Waals surface area contributed by atoms with Gasteiger partial charge in [0.25, 0.3) is 0 Å². The van der Waals surface area contributed by atoms with Crippen LogP contribution in [0.1, 0.15) is 136 Å². The molecule has 0 radical (unpaired) electrons. The van der Waals surface area contributed by atoms with Crippen molar-refractivity contribution in [3.63, 3.8) is 0 Å². The minimum atomic E-state index is -1.02. The van der Waals surface area contributed by atoms with Crippen LogP contribution in [0.4, 0.5) is 0 Å². The fourth-order valence-electron chi connectivity index (χ4n) is 3.84. The fraction of sp³-hybridized carbons (Fsp3) is 1.00. The van der Waals surface area contributed by atoms with Gasteiger partial charge in [0.1, 0.15) is 0 Å². The maximum atomic E-state index is 2.33. The molecule has 0 rings (SSSR count). The molecule has 0 aromatic rings. The summed E-state index contributed by atoms with van der Waals surface area (Å²) in [6, 6.07) is 0. The molecule has 0 saturated carbocycles. The molecular formula is C24H51Sn+. The van der Waals surface area contributed by atoms with Crippen LogP contribution in [0.25, 0.3) is 0 Å². The monoisotopic (exact) mass is 459 g/mol. The maximum absolute atomic E-state index is 2.33. The summed E-state index contributed by atoms with van der Waals surface area (Å²) in [5.74, 6) is 0. The Labute approximate surface area is 169 Å². The van der Waals surface area contributed by atoms with Gasteiger partial charge in [0.2, 0.25) is 0 Å². The molecule has 0 aromatic carbocycles. The van der Waals surface area contributed by atoms with E-state index >= 15 is 0 Å². The van der Waals surface area contributed by atoms with Gasteiger partial charge >= 0.3 is 169 Å². The van der Waals surface area contributed by atoms with E-state index in [0.29, 0.717) is 0 Å². The van der Waals surface area contributed by atoms with Crippen molar-refractivity contribution in [1.29, 1.82) is 0 Å². The molecule has 25 heavy (non-hydrogen) atoms. The van der Waals surface area contributed by atoms with Crippen LogP contribution in [0, 0.1) is 0 Å². The van der Waals surface area contributed by atoms with Crippen LogP contribution in [-0.2, 0) is 0 Å². The van der Waals surface area contributed by atoms with Gasteiger partial charge in [-0.1, -0.05) is 0 Å². The van der Waals surface area contributed by atoms with Crippen molar-refractivity contribution < 1.29 is 0 Å². The normalized spacial score (nSPS) is 11.2. The molecule has 0 heterocycles. The topological polar surface area (TPSA) is 0 Å². The van der Waals surface area contributed by atoms with E-state index in [1.165, 1.54) is 96.3 Å². The molecule has 0 aliphatic carbocycles. The second-order valence-corrected chi connectivity index (χ2v) is 16.9. The van der Waals surface area contributed by atoms with Crippen LogP contribution in [-0.4, -0.2) is 19.8 Å². The van der Waals surface area contributed by atoms with E-state index in [9.17, 15) is 0 Å². The third-order valence-electron chi connectivity index (χ3n) is 5.65. The van der Waals surface area contributed by atoms with Gasteiger partial charge in [0.05, 0.1) is 0 Å². The number of unbranched alkanes of at least 4 members (excludes halogenated alkanes) is 15. The molecule has 1 heteroatoms. The van der Waals surface area contributed by atoms with Gasteiger partial charge in [-0.05, 0) is 0 Å². The van der Waals surface area contributed by atoms with Crippen molar-refractivity contribution in [3.8, 4) is 0 Å². The van der Waals surface area contributed by atoms with Crippen molar-refractivity contribution in [2.45, 2.75) is 150 Å². The first-order valence-electron chi connectivity index (χ1n) is 12.2. The van der Waals surface area contributed by atoms with Gasteiger partial charge in [0, 0.05) is 0 Å². The van der Waals surface area contributed by atoms with Gasteiger partial charge in [0.15, 0.2) is 0 Å². The zero-order chi connectivity index (χ0) is 18.4. The Bertz CT molecular complexity index is 188. The van der Waals surface area contributed by atoms with Crippen LogP contribution < -0.4 is 0 Å². The van der Waals surface area contributed by atoms with E-state index in [1.807, 2.05) is 0 Å². The van der Waals surface area contributed by atoms with Crippen molar-refractivity contribution in [2.75, 3.05) is 0 Å². The van der Waals surface area contributed by atoms with Gasteiger partial charge in [-0.3, -0.25) is 0 Å². The van der Waals surface area contributed by atoms with E-state index in [1.54, 1.807) is 32.6 Å². The third-order valence-corrected chi connectivity index (χ3v) is 14.7. The molecule has 0 atom stereocenters. The third kappa shape index (κ3) is 21.0. The summed E-state index contributed by atoms with van der Waals surface area (Å²) >= 11 is -1.02. The second kappa shape index (κ2) is 22.8. The van der Waals surface area contributed by atoms with E-state index < -0.39 is 19.8 Å². The van der Waals surface area contributed by atoms with Crippen molar-refractivity contribution in [2.24, 2.45) is 0 Å². The zero-order valence-electron chi connectivity index (χ0n) is 18.3. The summed E-state index contributed by atoms with van der Waals surface area (Å²) in [5.41, 5.74) is 0. The van der Waals surface area contributed by atoms with E-state index in [4.69, 9.17) is 0 Å². The molecule has 0 aliphatic heterocycles. The van der Waals surface area contributed by atoms with E-state index in [2.05, 4.69) is 20.8 Å². The average molecular weight is 458 g/mol. The first-order chi connectivity index (χ1) is 12.3. The second-order valence-electron chi connectivity index (χ2n) is 8.30. The first kappa shape index (κ1) is 25.8. The molecular weight excluding hydrogens is 407 g/mol. The van der Waals surface area contributed by atoms with Gasteiger partial charge < -0.3 is 0 Å². The predicted octanol–water partition coefficient (Wildman–Crippen LogP) is 9.56. The summed E-state index contributed by atoms with van der Waals surface area (Å²) in [4.78, 5) is 0. The molecule has 0 N–H and O–H groups in total. The molecule has 0 spiro atoms. The van der Waals surface area contributed by atoms with Crippen LogP contribution in [0.2, 0.25) is 13.3 Å². The summed E-state index contributed by atoms with van der Waals surface area (Å²) in [6.07, 6.45) is 26.9. The first-order valence-corrected chi connectivity index (χ1v) is 18.2. The molecule has 0 unspecified atom stereocenters. The number of hydrogen-bond acceptors (Lipinski definition) is 0. The van der Waals surface area contributed by atoms with Gasteiger partial charge in [-0.15, -0.1) is 0 Å². The van der Waals surface area contributed by atoms with Crippen LogP contribution in [0.3, 0.4) is 0 Å². The average Bonchev–Trinajstić information content (AvgIpc) is 2.63. The Morgan fingerprint density at radius 1 is 0.320 bits per heavy atom. The Balaban J connectivity index is 3.76. The van der Waals surface area contributed by atoms with E-state index in [0.717, 1.165) is 0 Å². The molecule has 0 fully saturated rings. The Kier molecular flexibility index (Phi) is 23.6. The minimum absolute atomic E-state index is 1.02. The van der Waals surface area contributed by atoms with Crippen molar-refractivity contribution in [1.82, 2.24) is 0 Å². The molecule has 0 aromatic heterocycles. The zero-order valence-corrected chi connectivity index (χ0v) is 21.2. The summed E-state index contributed by atoms with van der Waals surface area (Å²) < 4.78 is 5.16. The number of hydrogen-bond donors (Lipinski definition) is 0. The van der Waals surface area contributed by atoms with E-state index in [-0.39, 0.29) is 0 Å². The molecule has 0 aliphatic rings. The van der Waals surface area contributed by atoms with Crippen LogP contribution >= 0.6 is 0 Å². The van der Waals surface area contributed by atoms with Crippen LogP contribution in [0.5, 0.6) is 0 Å². The molecule has 0 bridgehead atoms. The standard InChI is InChI=1S/3C8H17.Sn/c3*1-3-5-7-8-6-4-2;/h3*1,3-8H2,2H3;/q;;;+1. The molecule has 0 amide bonds. The van der Waals surface area contributed by atoms with Crippen LogP contribution in [0.15, 0.2) is 0 Å². The summed E-state index contributed by atoms with van der Waals surface area (Å²) in [6.45, 7) is 6.98. The van der Waals surface area contributed by atoms with Crippen molar-refractivity contribution >= 4 is 19.8 Å². The Hall–Kier alpha value is 0.799. The Morgan fingerprint density at radius 3 is 0.840 bits per heavy atom. The molecule has 0 nitrogen and oxygen atoms in total. The quantitative estimate of drug-likeness (QED) is 0.119. The summed E-state index contributed by atoms with van der Waals surface area (Å²) in [7, 11) is 0. The SMILES string of the molecule is CCCCCCC[CH2][Sn+]([CH2]CCCCCCC)[CH2]CCCCCCC.